The van der Waals surface area contributed by atoms with Gasteiger partial charge < -0.3 is 15.5 Å². The molecule has 0 saturated carbocycles. The van der Waals surface area contributed by atoms with Gasteiger partial charge in [0.05, 0.1) is 0 Å². The van der Waals surface area contributed by atoms with Crippen molar-refractivity contribution in [3.05, 3.63) is 23.9 Å². The zero-order valence-corrected chi connectivity index (χ0v) is 16.6. The first kappa shape index (κ1) is 19.9. The molecule has 0 bridgehead atoms. The summed E-state index contributed by atoms with van der Waals surface area (Å²) in [4.78, 5) is 11.4. The number of guanidine groups is 1. The highest BCUT2D eigenvalue weighted by atomic mass is 32.2. The lowest BCUT2D eigenvalue weighted by Crippen LogP contribution is -2.37. The summed E-state index contributed by atoms with van der Waals surface area (Å²) >= 11 is 1.90. The molecule has 0 atom stereocenters. The van der Waals surface area contributed by atoms with Crippen LogP contribution in [0.4, 0.5) is 5.82 Å². The molecule has 1 aromatic rings. The molecular weight excluding hydrogens is 330 g/mol. The number of hydrogen-bond acceptors (Lipinski definition) is 4. The molecular formula is C19H33N5S. The standard InChI is InChI=1S/C19H33N5S/c1-20-19(21-11-5-8-14-25-2)23-16-17-9-10-18(22-15-17)24-12-6-3-4-7-13-24/h9-10,15H,3-8,11-14,16H2,1-2H3,(H2,20,21,23). The van der Waals surface area contributed by atoms with Gasteiger partial charge in [-0.1, -0.05) is 18.9 Å². The van der Waals surface area contributed by atoms with Crippen LogP contribution < -0.4 is 15.5 Å². The lowest BCUT2D eigenvalue weighted by Gasteiger charge is -2.21. The van der Waals surface area contributed by atoms with Gasteiger partial charge in [-0.05, 0) is 49.3 Å². The average molecular weight is 364 g/mol. The van der Waals surface area contributed by atoms with Gasteiger partial charge in [0, 0.05) is 39.4 Å². The smallest absolute Gasteiger partial charge is 0.191 e. The molecule has 0 amide bonds. The van der Waals surface area contributed by atoms with Crippen LogP contribution in [0.25, 0.3) is 0 Å². The largest absolute Gasteiger partial charge is 0.357 e. The van der Waals surface area contributed by atoms with Gasteiger partial charge in [-0.25, -0.2) is 4.98 Å². The molecule has 1 saturated heterocycles. The summed E-state index contributed by atoms with van der Waals surface area (Å²) < 4.78 is 0. The summed E-state index contributed by atoms with van der Waals surface area (Å²) in [5, 5.41) is 6.74. The fourth-order valence-electron chi connectivity index (χ4n) is 2.99. The third-order valence-electron chi connectivity index (χ3n) is 4.49. The monoisotopic (exact) mass is 363 g/mol. The minimum Gasteiger partial charge on any atom is -0.357 e. The van der Waals surface area contributed by atoms with Crippen LogP contribution in [0.15, 0.2) is 23.3 Å². The maximum absolute atomic E-state index is 4.67. The Balaban J connectivity index is 1.74. The van der Waals surface area contributed by atoms with Crippen molar-refractivity contribution in [2.45, 2.75) is 45.1 Å². The first-order chi connectivity index (χ1) is 12.3. The Labute approximate surface area is 157 Å². The molecule has 0 aromatic carbocycles. The maximum atomic E-state index is 4.67. The predicted octanol–water partition coefficient (Wildman–Crippen LogP) is 3.27. The minimum absolute atomic E-state index is 0.748. The molecule has 5 nitrogen and oxygen atoms in total. The second-order valence-corrected chi connectivity index (χ2v) is 7.46. The number of aromatic nitrogens is 1. The molecule has 1 fully saturated rings. The van der Waals surface area contributed by atoms with E-state index >= 15 is 0 Å². The highest BCUT2D eigenvalue weighted by Gasteiger charge is 2.10. The number of hydrogen-bond donors (Lipinski definition) is 2. The van der Waals surface area contributed by atoms with E-state index in [2.05, 4.69) is 43.9 Å². The molecule has 2 rings (SSSR count). The highest BCUT2D eigenvalue weighted by molar-refractivity contribution is 7.98. The third-order valence-corrected chi connectivity index (χ3v) is 5.19. The van der Waals surface area contributed by atoms with E-state index < -0.39 is 0 Å². The number of thioether (sulfide) groups is 1. The predicted molar refractivity (Wildman–Crippen MR) is 111 cm³/mol. The van der Waals surface area contributed by atoms with Gasteiger partial charge in [0.15, 0.2) is 5.96 Å². The van der Waals surface area contributed by atoms with Crippen molar-refractivity contribution in [1.82, 2.24) is 15.6 Å². The lowest BCUT2D eigenvalue weighted by molar-refractivity contribution is 0.726. The van der Waals surface area contributed by atoms with Gasteiger partial charge in [-0.3, -0.25) is 4.99 Å². The molecule has 0 aliphatic carbocycles. The van der Waals surface area contributed by atoms with Gasteiger partial charge in [-0.2, -0.15) is 11.8 Å². The Morgan fingerprint density at radius 1 is 1.16 bits per heavy atom. The Hall–Kier alpha value is -1.43. The summed E-state index contributed by atoms with van der Waals surface area (Å²) in [7, 11) is 1.82. The van der Waals surface area contributed by atoms with E-state index in [9.17, 15) is 0 Å². The van der Waals surface area contributed by atoms with Crippen LogP contribution in [0.2, 0.25) is 0 Å². The number of unbranched alkanes of at least 4 members (excludes halogenated alkanes) is 1. The van der Waals surface area contributed by atoms with Gasteiger partial charge >= 0.3 is 0 Å². The maximum Gasteiger partial charge on any atom is 0.191 e. The summed E-state index contributed by atoms with van der Waals surface area (Å²) in [6, 6.07) is 4.33. The van der Waals surface area contributed by atoms with E-state index in [1.807, 2.05) is 25.0 Å². The van der Waals surface area contributed by atoms with Crippen molar-refractivity contribution in [3.8, 4) is 0 Å². The number of rotatable bonds is 8. The van der Waals surface area contributed by atoms with Gasteiger partial charge in [0.2, 0.25) is 0 Å². The van der Waals surface area contributed by atoms with Crippen LogP contribution in [-0.4, -0.2) is 49.6 Å². The van der Waals surface area contributed by atoms with Crippen molar-refractivity contribution in [2.75, 3.05) is 43.6 Å². The number of anilines is 1. The quantitative estimate of drug-likeness (QED) is 0.422. The molecule has 0 radical (unpaired) electrons. The van der Waals surface area contributed by atoms with Crippen LogP contribution in [0.5, 0.6) is 0 Å². The number of pyridine rings is 1. The lowest BCUT2D eigenvalue weighted by atomic mass is 10.2. The molecule has 2 heterocycles. The average Bonchev–Trinajstić information content (AvgIpc) is 2.94. The Morgan fingerprint density at radius 2 is 1.96 bits per heavy atom. The summed E-state index contributed by atoms with van der Waals surface area (Å²) in [6.45, 7) is 3.99. The normalized spacial score (nSPS) is 15.8. The second-order valence-electron chi connectivity index (χ2n) is 6.48. The van der Waals surface area contributed by atoms with Crippen molar-refractivity contribution in [1.29, 1.82) is 0 Å². The van der Waals surface area contributed by atoms with Crippen LogP contribution >= 0.6 is 11.8 Å². The molecule has 0 spiro atoms. The van der Waals surface area contributed by atoms with Crippen LogP contribution in [-0.2, 0) is 6.54 Å². The van der Waals surface area contributed by atoms with Crippen LogP contribution in [0, 0.1) is 0 Å². The molecule has 1 aromatic heterocycles. The van der Waals surface area contributed by atoms with Crippen LogP contribution in [0.3, 0.4) is 0 Å². The van der Waals surface area contributed by atoms with E-state index in [1.54, 1.807) is 0 Å². The molecule has 140 valence electrons. The van der Waals surface area contributed by atoms with E-state index in [4.69, 9.17) is 0 Å². The molecule has 6 heteroatoms. The Kier molecular flexibility index (Phi) is 9.55. The van der Waals surface area contributed by atoms with Gasteiger partial charge in [0.25, 0.3) is 0 Å². The first-order valence-electron chi connectivity index (χ1n) is 9.47. The second kappa shape index (κ2) is 12.0. The van der Waals surface area contributed by atoms with E-state index in [0.717, 1.165) is 38.0 Å². The van der Waals surface area contributed by atoms with E-state index in [-0.39, 0.29) is 0 Å². The van der Waals surface area contributed by atoms with Crippen molar-refractivity contribution in [3.63, 3.8) is 0 Å². The summed E-state index contributed by atoms with van der Waals surface area (Å²) in [6.07, 6.45) is 11.8. The third kappa shape index (κ3) is 7.55. The van der Waals surface area contributed by atoms with Crippen molar-refractivity contribution < 1.29 is 0 Å². The van der Waals surface area contributed by atoms with Crippen molar-refractivity contribution >= 4 is 23.5 Å². The SMILES string of the molecule is CN=C(NCCCCSC)NCc1ccc(N2CCCCCC2)nc1. The zero-order valence-electron chi connectivity index (χ0n) is 15.8. The van der Waals surface area contributed by atoms with Gasteiger partial charge in [0.1, 0.15) is 5.82 Å². The van der Waals surface area contributed by atoms with E-state index in [0.29, 0.717) is 0 Å². The number of aliphatic imine (C=N–C) groups is 1. The Bertz CT molecular complexity index is 495. The molecule has 25 heavy (non-hydrogen) atoms. The molecule has 1 aliphatic rings. The fourth-order valence-corrected chi connectivity index (χ4v) is 3.49. The molecule has 1 aliphatic heterocycles. The molecule has 0 unspecified atom stereocenters. The zero-order chi connectivity index (χ0) is 17.7. The summed E-state index contributed by atoms with van der Waals surface area (Å²) in [5.74, 6) is 3.20. The fraction of sp³-hybridized carbons (Fsp3) is 0.684. The highest BCUT2D eigenvalue weighted by Crippen LogP contribution is 2.17. The number of nitrogens with one attached hydrogen (secondary N) is 2. The van der Waals surface area contributed by atoms with Crippen molar-refractivity contribution in [2.24, 2.45) is 4.99 Å². The summed E-state index contributed by atoms with van der Waals surface area (Å²) in [5.41, 5.74) is 1.18. The number of nitrogens with zero attached hydrogens (tertiary/aromatic N) is 3. The molecule has 2 N–H and O–H groups in total. The van der Waals surface area contributed by atoms with Gasteiger partial charge in [-0.15, -0.1) is 0 Å². The van der Waals surface area contributed by atoms with E-state index in [1.165, 1.54) is 49.8 Å². The first-order valence-corrected chi connectivity index (χ1v) is 10.9. The minimum atomic E-state index is 0.748. The Morgan fingerprint density at radius 3 is 2.60 bits per heavy atom. The van der Waals surface area contributed by atoms with Crippen LogP contribution in [0.1, 0.15) is 44.1 Å². The topological polar surface area (TPSA) is 52.6 Å².